The lowest BCUT2D eigenvalue weighted by atomic mass is 10.1. The van der Waals surface area contributed by atoms with E-state index in [2.05, 4.69) is 29.8 Å². The largest absolute Gasteiger partial charge is 0.356 e. The van der Waals surface area contributed by atoms with Crippen molar-refractivity contribution in [3.05, 3.63) is 0 Å². The Kier molecular flexibility index (Phi) is 9.19. The number of nitrogens with one attached hydrogen (secondary N) is 3. The van der Waals surface area contributed by atoms with Crippen molar-refractivity contribution in [1.29, 1.82) is 0 Å². The highest BCUT2D eigenvalue weighted by molar-refractivity contribution is 5.73. The summed E-state index contributed by atoms with van der Waals surface area (Å²) < 4.78 is 0. The fourth-order valence-corrected chi connectivity index (χ4v) is 1.25. The van der Waals surface area contributed by atoms with Crippen LogP contribution in [0, 0.1) is 5.92 Å². The third-order valence-corrected chi connectivity index (χ3v) is 2.27. The lowest BCUT2D eigenvalue weighted by Crippen LogP contribution is -2.37. The molecule has 0 saturated heterocycles. The van der Waals surface area contributed by atoms with Gasteiger partial charge in [-0.05, 0) is 25.2 Å². The van der Waals surface area contributed by atoms with Gasteiger partial charge in [0.05, 0.1) is 0 Å². The molecular weight excluding hydrogens is 218 g/mol. The molecule has 5 heteroatoms. The number of hydrogen-bond donors (Lipinski definition) is 3. The van der Waals surface area contributed by atoms with Crippen molar-refractivity contribution in [1.82, 2.24) is 16.0 Å². The Bertz CT molecular complexity index is 230. The SMILES string of the molecule is CC(=O)NCCCCNC(=O)NCCC(C)C. The number of carbonyl (C=O) groups is 2. The number of unbranched alkanes of at least 4 members (excludes halogenated alkanes) is 1. The van der Waals surface area contributed by atoms with E-state index in [1.165, 1.54) is 6.92 Å². The van der Waals surface area contributed by atoms with E-state index in [4.69, 9.17) is 0 Å². The molecule has 0 aliphatic heterocycles. The lowest BCUT2D eigenvalue weighted by molar-refractivity contribution is -0.118. The van der Waals surface area contributed by atoms with Crippen molar-refractivity contribution < 1.29 is 9.59 Å². The second kappa shape index (κ2) is 9.93. The third kappa shape index (κ3) is 12.7. The first-order chi connectivity index (χ1) is 8.02. The molecule has 0 bridgehead atoms. The summed E-state index contributed by atoms with van der Waals surface area (Å²) in [4.78, 5) is 21.8. The van der Waals surface area contributed by atoms with Crippen LogP contribution in [0.25, 0.3) is 0 Å². The molecule has 0 aliphatic carbocycles. The maximum atomic E-state index is 11.3. The van der Waals surface area contributed by atoms with E-state index >= 15 is 0 Å². The standard InChI is InChI=1S/C12H25N3O2/c1-10(2)6-9-15-12(17)14-8-5-4-7-13-11(3)16/h10H,4-9H2,1-3H3,(H,13,16)(H2,14,15,17). The van der Waals surface area contributed by atoms with Crippen LogP contribution in [0.1, 0.15) is 40.0 Å². The molecule has 0 saturated carbocycles. The molecular formula is C12H25N3O2. The van der Waals surface area contributed by atoms with E-state index in [1.54, 1.807) is 0 Å². The van der Waals surface area contributed by atoms with Gasteiger partial charge in [0.2, 0.25) is 5.91 Å². The first-order valence-corrected chi connectivity index (χ1v) is 6.28. The summed E-state index contributed by atoms with van der Waals surface area (Å²) in [5, 5.41) is 8.30. The van der Waals surface area contributed by atoms with Gasteiger partial charge in [-0.15, -0.1) is 0 Å². The summed E-state index contributed by atoms with van der Waals surface area (Å²) in [5.41, 5.74) is 0. The molecule has 0 heterocycles. The Balaban J connectivity index is 3.24. The van der Waals surface area contributed by atoms with E-state index in [0.717, 1.165) is 25.8 Å². The second-order valence-electron chi connectivity index (χ2n) is 4.56. The predicted octanol–water partition coefficient (Wildman–Crippen LogP) is 1.25. The Morgan fingerprint density at radius 1 is 0.941 bits per heavy atom. The smallest absolute Gasteiger partial charge is 0.314 e. The van der Waals surface area contributed by atoms with Gasteiger partial charge < -0.3 is 16.0 Å². The zero-order chi connectivity index (χ0) is 13.1. The van der Waals surface area contributed by atoms with E-state index in [9.17, 15) is 9.59 Å². The van der Waals surface area contributed by atoms with Gasteiger partial charge in [-0.1, -0.05) is 13.8 Å². The van der Waals surface area contributed by atoms with Crippen molar-refractivity contribution in [2.75, 3.05) is 19.6 Å². The van der Waals surface area contributed by atoms with Gasteiger partial charge in [0.15, 0.2) is 0 Å². The van der Waals surface area contributed by atoms with Gasteiger partial charge >= 0.3 is 6.03 Å². The van der Waals surface area contributed by atoms with Crippen LogP contribution in [0.15, 0.2) is 0 Å². The van der Waals surface area contributed by atoms with Gasteiger partial charge in [-0.25, -0.2) is 4.79 Å². The maximum Gasteiger partial charge on any atom is 0.314 e. The summed E-state index contributed by atoms with van der Waals surface area (Å²) in [7, 11) is 0. The molecule has 0 aromatic carbocycles. The molecule has 0 aromatic heterocycles. The highest BCUT2D eigenvalue weighted by Gasteiger charge is 1.99. The lowest BCUT2D eigenvalue weighted by Gasteiger charge is -2.08. The Morgan fingerprint density at radius 2 is 1.47 bits per heavy atom. The highest BCUT2D eigenvalue weighted by atomic mass is 16.2. The number of hydrogen-bond acceptors (Lipinski definition) is 2. The second-order valence-corrected chi connectivity index (χ2v) is 4.56. The van der Waals surface area contributed by atoms with Crippen LogP contribution in [-0.2, 0) is 4.79 Å². The average molecular weight is 243 g/mol. The topological polar surface area (TPSA) is 70.2 Å². The minimum atomic E-state index is -0.106. The van der Waals surface area contributed by atoms with Crippen molar-refractivity contribution in [3.63, 3.8) is 0 Å². The minimum absolute atomic E-state index is 0.00983. The van der Waals surface area contributed by atoms with Gasteiger partial charge in [-0.3, -0.25) is 4.79 Å². The van der Waals surface area contributed by atoms with Crippen molar-refractivity contribution >= 4 is 11.9 Å². The molecule has 0 rings (SSSR count). The van der Waals surface area contributed by atoms with Gasteiger partial charge in [-0.2, -0.15) is 0 Å². The molecule has 0 atom stereocenters. The number of urea groups is 1. The molecule has 0 aromatic rings. The monoisotopic (exact) mass is 243 g/mol. The molecule has 0 spiro atoms. The zero-order valence-electron chi connectivity index (χ0n) is 11.1. The van der Waals surface area contributed by atoms with Gasteiger partial charge in [0, 0.05) is 26.6 Å². The van der Waals surface area contributed by atoms with Crippen molar-refractivity contribution in [2.45, 2.75) is 40.0 Å². The summed E-state index contributed by atoms with van der Waals surface area (Å²) in [5.74, 6) is 0.595. The summed E-state index contributed by atoms with van der Waals surface area (Å²) in [6, 6.07) is -0.106. The van der Waals surface area contributed by atoms with Crippen LogP contribution in [0.4, 0.5) is 4.79 Å². The normalized spacial score (nSPS) is 10.1. The molecule has 0 aliphatic rings. The zero-order valence-corrected chi connectivity index (χ0v) is 11.1. The van der Waals surface area contributed by atoms with Crippen molar-refractivity contribution in [3.8, 4) is 0 Å². The number of rotatable bonds is 8. The van der Waals surface area contributed by atoms with Crippen LogP contribution in [0.5, 0.6) is 0 Å². The van der Waals surface area contributed by atoms with Gasteiger partial charge in [0.1, 0.15) is 0 Å². The highest BCUT2D eigenvalue weighted by Crippen LogP contribution is 1.95. The predicted molar refractivity (Wildman–Crippen MR) is 68.8 cm³/mol. The molecule has 100 valence electrons. The van der Waals surface area contributed by atoms with Gasteiger partial charge in [0.25, 0.3) is 0 Å². The van der Waals surface area contributed by atoms with Crippen molar-refractivity contribution in [2.24, 2.45) is 5.92 Å². The van der Waals surface area contributed by atoms with Crippen LogP contribution in [0.3, 0.4) is 0 Å². The molecule has 3 N–H and O–H groups in total. The van der Waals surface area contributed by atoms with Crippen LogP contribution in [-0.4, -0.2) is 31.6 Å². The third-order valence-electron chi connectivity index (χ3n) is 2.27. The molecule has 5 nitrogen and oxygen atoms in total. The molecule has 17 heavy (non-hydrogen) atoms. The fourth-order valence-electron chi connectivity index (χ4n) is 1.25. The van der Waals surface area contributed by atoms with Crippen LogP contribution < -0.4 is 16.0 Å². The first-order valence-electron chi connectivity index (χ1n) is 6.28. The molecule has 3 amide bonds. The average Bonchev–Trinajstić information content (AvgIpc) is 2.22. The van der Waals surface area contributed by atoms with E-state index in [-0.39, 0.29) is 11.9 Å². The number of carbonyl (C=O) groups excluding carboxylic acids is 2. The minimum Gasteiger partial charge on any atom is -0.356 e. The van der Waals surface area contributed by atoms with Crippen LogP contribution >= 0.6 is 0 Å². The molecule has 0 fully saturated rings. The number of amides is 3. The Morgan fingerprint density at radius 3 is 2.00 bits per heavy atom. The summed E-state index contributed by atoms with van der Waals surface area (Å²) in [6.07, 6.45) is 2.75. The van der Waals surface area contributed by atoms with E-state index in [0.29, 0.717) is 19.0 Å². The summed E-state index contributed by atoms with van der Waals surface area (Å²) in [6.45, 7) is 7.79. The van der Waals surface area contributed by atoms with E-state index in [1.807, 2.05) is 0 Å². The van der Waals surface area contributed by atoms with Crippen LogP contribution in [0.2, 0.25) is 0 Å². The Hall–Kier alpha value is -1.26. The molecule has 0 unspecified atom stereocenters. The fraction of sp³-hybridized carbons (Fsp3) is 0.833. The molecule has 0 radical (unpaired) electrons. The maximum absolute atomic E-state index is 11.3. The quantitative estimate of drug-likeness (QED) is 0.561. The first kappa shape index (κ1) is 15.7. The summed E-state index contributed by atoms with van der Waals surface area (Å²) >= 11 is 0. The van der Waals surface area contributed by atoms with E-state index < -0.39 is 0 Å². The Labute approximate surface area is 104 Å².